The van der Waals surface area contributed by atoms with Gasteiger partial charge in [-0.2, -0.15) is 13.2 Å². The average molecular weight is 323 g/mol. The number of alkyl halides is 3. The fourth-order valence-corrected chi connectivity index (χ4v) is 2.89. The predicted octanol–water partition coefficient (Wildman–Crippen LogP) is 1.72. The molecule has 0 aliphatic carbocycles. The van der Waals surface area contributed by atoms with E-state index in [1.54, 1.807) is 16.5 Å². The Hall–Kier alpha value is -1.19. The molecule has 9 heteroatoms. The number of aliphatic hydroxyl groups excluding tert-OH is 1. The third kappa shape index (κ3) is 4.65. The summed E-state index contributed by atoms with van der Waals surface area (Å²) in [6.45, 7) is 0.848. The van der Waals surface area contributed by atoms with Crippen LogP contribution >= 0.6 is 11.3 Å². The Morgan fingerprint density at radius 2 is 2.19 bits per heavy atom. The molecule has 1 unspecified atom stereocenters. The van der Waals surface area contributed by atoms with Crippen LogP contribution in [-0.4, -0.2) is 52.8 Å². The summed E-state index contributed by atoms with van der Waals surface area (Å²) in [6, 6.07) is 0. The number of anilines is 1. The maximum Gasteiger partial charge on any atom is 0.414 e. The molecule has 2 rings (SSSR count). The average Bonchev–Trinajstić information content (AvgIpc) is 2.90. The molecule has 5 nitrogen and oxygen atoms in total. The molecular weight excluding hydrogens is 307 g/mol. The van der Waals surface area contributed by atoms with E-state index in [2.05, 4.69) is 10.3 Å². The number of thiazole rings is 1. The van der Waals surface area contributed by atoms with Gasteiger partial charge in [-0.3, -0.25) is 9.69 Å². The fraction of sp³-hybridized carbons (Fsp3) is 0.667. The first kappa shape index (κ1) is 16.2. The number of halogens is 3. The van der Waals surface area contributed by atoms with Crippen LogP contribution in [0.2, 0.25) is 0 Å². The van der Waals surface area contributed by atoms with Crippen molar-refractivity contribution in [1.82, 2.24) is 9.88 Å². The number of rotatable bonds is 4. The molecule has 1 saturated heterocycles. The SMILES string of the molecule is O=C(CN1CCC(C(O)C(F)(F)F)CC1)Nc1nccs1. The Morgan fingerprint density at radius 3 is 2.71 bits per heavy atom. The van der Waals surface area contributed by atoms with E-state index in [4.69, 9.17) is 0 Å². The number of hydrogen-bond donors (Lipinski definition) is 2. The molecular formula is C12H16F3N3O2S. The predicted molar refractivity (Wildman–Crippen MR) is 72.0 cm³/mol. The number of amides is 1. The van der Waals surface area contributed by atoms with Gasteiger partial charge in [-0.15, -0.1) is 11.3 Å². The van der Waals surface area contributed by atoms with Gasteiger partial charge in [-0.05, 0) is 31.8 Å². The molecule has 2 heterocycles. The van der Waals surface area contributed by atoms with Crippen LogP contribution in [0.15, 0.2) is 11.6 Å². The lowest BCUT2D eigenvalue weighted by Gasteiger charge is -2.34. The van der Waals surface area contributed by atoms with Crippen molar-refractivity contribution in [3.05, 3.63) is 11.6 Å². The Balaban J connectivity index is 1.75. The van der Waals surface area contributed by atoms with Crippen molar-refractivity contribution in [3.63, 3.8) is 0 Å². The number of carbonyl (C=O) groups is 1. The van der Waals surface area contributed by atoms with Crippen molar-refractivity contribution < 1.29 is 23.1 Å². The summed E-state index contributed by atoms with van der Waals surface area (Å²) in [5, 5.41) is 14.1. The van der Waals surface area contributed by atoms with Crippen LogP contribution in [0, 0.1) is 5.92 Å². The van der Waals surface area contributed by atoms with Gasteiger partial charge in [0, 0.05) is 11.6 Å². The maximum atomic E-state index is 12.4. The van der Waals surface area contributed by atoms with Gasteiger partial charge in [0.25, 0.3) is 0 Å². The summed E-state index contributed by atoms with van der Waals surface area (Å²) >= 11 is 1.30. The van der Waals surface area contributed by atoms with Crippen molar-refractivity contribution in [2.45, 2.75) is 25.1 Å². The number of piperidine rings is 1. The van der Waals surface area contributed by atoms with Crippen LogP contribution in [0.1, 0.15) is 12.8 Å². The van der Waals surface area contributed by atoms with Crippen LogP contribution in [0.5, 0.6) is 0 Å². The zero-order valence-corrected chi connectivity index (χ0v) is 12.0. The standard InChI is InChI=1S/C12H16F3N3O2S/c13-12(14,15)10(20)8-1-4-18(5-2-8)7-9(19)17-11-16-3-6-21-11/h3,6,8,10,20H,1-2,4-5,7H2,(H,16,17,19). The highest BCUT2D eigenvalue weighted by Gasteiger charge is 2.44. The summed E-state index contributed by atoms with van der Waals surface area (Å²) in [5.41, 5.74) is 0. The maximum absolute atomic E-state index is 12.4. The number of aliphatic hydroxyl groups is 1. The molecule has 1 fully saturated rings. The third-order valence-electron chi connectivity index (χ3n) is 3.46. The molecule has 21 heavy (non-hydrogen) atoms. The Kier molecular flexibility index (Phi) is 5.17. The van der Waals surface area contributed by atoms with E-state index < -0.39 is 18.2 Å². The Labute approximate surface area is 123 Å². The number of nitrogens with zero attached hydrogens (tertiary/aromatic N) is 2. The molecule has 0 saturated carbocycles. The molecule has 1 aromatic heterocycles. The van der Waals surface area contributed by atoms with Gasteiger partial charge < -0.3 is 10.4 Å². The fourth-order valence-electron chi connectivity index (χ4n) is 2.34. The molecule has 1 amide bonds. The van der Waals surface area contributed by atoms with Gasteiger partial charge in [0.15, 0.2) is 11.2 Å². The summed E-state index contributed by atoms with van der Waals surface area (Å²) in [5.74, 6) is -1.02. The van der Waals surface area contributed by atoms with Crippen molar-refractivity contribution in [2.24, 2.45) is 5.92 Å². The monoisotopic (exact) mass is 323 g/mol. The van der Waals surface area contributed by atoms with Crippen LogP contribution in [0.25, 0.3) is 0 Å². The second kappa shape index (κ2) is 6.71. The van der Waals surface area contributed by atoms with Crippen molar-refractivity contribution in [2.75, 3.05) is 25.0 Å². The molecule has 1 aliphatic rings. The van der Waals surface area contributed by atoms with Crippen LogP contribution < -0.4 is 5.32 Å². The van der Waals surface area contributed by atoms with Crippen molar-refractivity contribution >= 4 is 22.4 Å². The highest BCUT2D eigenvalue weighted by atomic mass is 32.1. The number of aromatic nitrogens is 1. The molecule has 2 N–H and O–H groups in total. The highest BCUT2D eigenvalue weighted by molar-refractivity contribution is 7.13. The van der Waals surface area contributed by atoms with Crippen molar-refractivity contribution in [3.8, 4) is 0 Å². The number of likely N-dealkylation sites (tertiary alicyclic amines) is 1. The van der Waals surface area contributed by atoms with E-state index in [-0.39, 0.29) is 25.3 Å². The summed E-state index contributed by atoms with van der Waals surface area (Å²) in [7, 11) is 0. The van der Waals surface area contributed by atoms with Crippen molar-refractivity contribution in [1.29, 1.82) is 0 Å². The first-order valence-electron chi connectivity index (χ1n) is 6.52. The summed E-state index contributed by atoms with van der Waals surface area (Å²) in [6.07, 6.45) is -4.82. The molecule has 1 atom stereocenters. The second-order valence-corrected chi connectivity index (χ2v) is 5.88. The molecule has 1 aliphatic heterocycles. The van der Waals surface area contributed by atoms with Gasteiger partial charge in [-0.1, -0.05) is 0 Å². The van der Waals surface area contributed by atoms with E-state index in [0.29, 0.717) is 18.2 Å². The Morgan fingerprint density at radius 1 is 1.52 bits per heavy atom. The molecule has 118 valence electrons. The lowest BCUT2D eigenvalue weighted by atomic mass is 9.91. The zero-order chi connectivity index (χ0) is 15.5. The quantitative estimate of drug-likeness (QED) is 0.885. The lowest BCUT2D eigenvalue weighted by Crippen LogP contribution is -2.45. The van der Waals surface area contributed by atoms with Crippen LogP contribution in [0.4, 0.5) is 18.3 Å². The van der Waals surface area contributed by atoms with Gasteiger partial charge in [0.2, 0.25) is 5.91 Å². The minimum absolute atomic E-state index is 0.119. The minimum atomic E-state index is -4.57. The van der Waals surface area contributed by atoms with E-state index >= 15 is 0 Å². The molecule has 0 spiro atoms. The van der Waals surface area contributed by atoms with E-state index in [0.717, 1.165) is 0 Å². The van der Waals surface area contributed by atoms with Gasteiger partial charge in [0.05, 0.1) is 6.54 Å². The first-order valence-corrected chi connectivity index (χ1v) is 7.40. The molecule has 1 aromatic rings. The minimum Gasteiger partial charge on any atom is -0.383 e. The molecule has 0 radical (unpaired) electrons. The lowest BCUT2D eigenvalue weighted by molar-refractivity contribution is -0.223. The van der Waals surface area contributed by atoms with Crippen LogP contribution in [-0.2, 0) is 4.79 Å². The normalized spacial score (nSPS) is 19.4. The van der Waals surface area contributed by atoms with Gasteiger partial charge in [0.1, 0.15) is 0 Å². The smallest absolute Gasteiger partial charge is 0.383 e. The van der Waals surface area contributed by atoms with Crippen LogP contribution in [0.3, 0.4) is 0 Å². The number of hydrogen-bond acceptors (Lipinski definition) is 5. The van der Waals surface area contributed by atoms with E-state index in [9.17, 15) is 23.1 Å². The topological polar surface area (TPSA) is 65.5 Å². The number of nitrogens with one attached hydrogen (secondary N) is 1. The summed E-state index contributed by atoms with van der Waals surface area (Å²) in [4.78, 5) is 17.4. The number of carbonyl (C=O) groups excluding carboxylic acids is 1. The largest absolute Gasteiger partial charge is 0.414 e. The second-order valence-electron chi connectivity index (χ2n) is 4.99. The highest BCUT2D eigenvalue weighted by Crippen LogP contribution is 2.31. The summed E-state index contributed by atoms with van der Waals surface area (Å²) < 4.78 is 37.3. The zero-order valence-electron chi connectivity index (χ0n) is 11.1. The van der Waals surface area contributed by atoms with E-state index in [1.165, 1.54) is 11.3 Å². The molecule has 0 aromatic carbocycles. The van der Waals surface area contributed by atoms with Gasteiger partial charge in [-0.25, -0.2) is 4.98 Å². The van der Waals surface area contributed by atoms with Gasteiger partial charge >= 0.3 is 6.18 Å². The Bertz CT molecular complexity index is 459. The first-order chi connectivity index (χ1) is 9.86. The molecule has 0 bridgehead atoms. The van der Waals surface area contributed by atoms with E-state index in [1.807, 2.05) is 0 Å². The third-order valence-corrected chi connectivity index (χ3v) is 4.15.